The quantitative estimate of drug-likeness (QED) is 0.466. The highest BCUT2D eigenvalue weighted by molar-refractivity contribution is 5.85. The van der Waals surface area contributed by atoms with Crippen molar-refractivity contribution < 1.29 is 9.18 Å². The lowest BCUT2D eigenvalue weighted by atomic mass is 10.1. The number of aryl methyl sites for hydroxylation is 1. The van der Waals surface area contributed by atoms with Crippen LogP contribution in [-0.2, 0) is 17.8 Å². The number of amides is 1. The summed E-state index contributed by atoms with van der Waals surface area (Å²) in [5, 5.41) is 8.11. The Morgan fingerprint density at radius 2 is 2.09 bits per heavy atom. The van der Waals surface area contributed by atoms with Crippen molar-refractivity contribution in [1.82, 2.24) is 19.7 Å². The van der Waals surface area contributed by atoms with Crippen LogP contribution in [0.4, 0.5) is 4.39 Å². The third kappa shape index (κ3) is 4.17. The second-order valence-electron chi connectivity index (χ2n) is 8.86. The van der Waals surface area contributed by atoms with E-state index in [1.54, 1.807) is 6.07 Å². The summed E-state index contributed by atoms with van der Waals surface area (Å²) in [5.41, 5.74) is 4.31. The topological polar surface area (TPSA) is 53.9 Å². The molecule has 3 heterocycles. The molecule has 6 heteroatoms. The average molecular weight is 431 g/mol. The molecule has 0 aliphatic carbocycles. The van der Waals surface area contributed by atoms with Crippen molar-refractivity contribution in [3.63, 3.8) is 0 Å². The van der Waals surface area contributed by atoms with Crippen molar-refractivity contribution in [2.75, 3.05) is 6.54 Å². The predicted molar refractivity (Wildman–Crippen MR) is 124 cm³/mol. The van der Waals surface area contributed by atoms with Crippen LogP contribution in [0.15, 0.2) is 67.1 Å². The van der Waals surface area contributed by atoms with Gasteiger partial charge in [0.05, 0.1) is 6.20 Å². The van der Waals surface area contributed by atoms with Gasteiger partial charge < -0.3 is 9.47 Å². The Kier molecular flexibility index (Phi) is 5.52. The zero-order valence-corrected chi connectivity index (χ0v) is 18.2. The molecule has 0 saturated carbocycles. The standard InChI is InChI=1S/C26H27FN4O/c1-18-11-20(17-31(18)26(32)8-5-19-3-2-4-24(27)12-19)16-30-10-9-22-13-21(6-7-25(22)30)23-14-28-29-15-23/h2-4,6-7,9-10,12-15,18,20H,5,8,11,16-17H2,1H3,(H,28,29)/t18-,20?/m1/s1. The molecule has 5 nitrogen and oxygen atoms in total. The number of fused-ring (bicyclic) bond motifs is 1. The first-order valence-corrected chi connectivity index (χ1v) is 11.2. The first-order chi connectivity index (χ1) is 15.6. The van der Waals surface area contributed by atoms with Gasteiger partial charge in [-0.15, -0.1) is 0 Å². The first kappa shape index (κ1) is 20.5. The Morgan fingerprint density at radius 1 is 1.19 bits per heavy atom. The van der Waals surface area contributed by atoms with Gasteiger partial charge in [0.1, 0.15) is 5.82 Å². The molecule has 2 atom stereocenters. The fraction of sp³-hybridized carbons (Fsp3) is 0.308. The number of carbonyl (C=O) groups excluding carboxylic acids is 1. The molecule has 5 rings (SSSR count). The molecule has 32 heavy (non-hydrogen) atoms. The molecule has 1 unspecified atom stereocenters. The highest BCUT2D eigenvalue weighted by Crippen LogP contribution is 2.29. The Bertz CT molecular complexity index is 1230. The molecular formula is C26H27FN4O. The number of aromatic amines is 1. The summed E-state index contributed by atoms with van der Waals surface area (Å²) in [4.78, 5) is 14.8. The van der Waals surface area contributed by atoms with E-state index in [9.17, 15) is 9.18 Å². The highest BCUT2D eigenvalue weighted by Gasteiger charge is 2.32. The number of H-pyrrole nitrogens is 1. The molecule has 1 fully saturated rings. The lowest BCUT2D eigenvalue weighted by molar-refractivity contribution is -0.131. The molecular weight excluding hydrogens is 403 g/mol. The molecule has 0 spiro atoms. The molecule has 4 aromatic rings. The Balaban J connectivity index is 1.23. The number of hydrogen-bond acceptors (Lipinski definition) is 2. The van der Waals surface area contributed by atoms with E-state index in [2.05, 4.69) is 52.2 Å². The summed E-state index contributed by atoms with van der Waals surface area (Å²) in [6.45, 7) is 3.80. The van der Waals surface area contributed by atoms with Crippen molar-refractivity contribution in [3.05, 3.63) is 78.5 Å². The molecule has 1 saturated heterocycles. The van der Waals surface area contributed by atoms with Crippen LogP contribution in [0.1, 0.15) is 25.3 Å². The maximum atomic E-state index is 13.4. The molecule has 2 aromatic carbocycles. The van der Waals surface area contributed by atoms with Gasteiger partial charge >= 0.3 is 0 Å². The molecule has 1 N–H and O–H groups in total. The SMILES string of the molecule is C[C@@H]1CC(Cn2ccc3cc(-c4cn[nH]c4)ccc32)CN1C(=O)CCc1cccc(F)c1. The second-order valence-corrected chi connectivity index (χ2v) is 8.86. The Hall–Kier alpha value is -3.41. The summed E-state index contributed by atoms with van der Waals surface area (Å²) in [5.74, 6) is 0.332. The number of carbonyl (C=O) groups is 1. The van der Waals surface area contributed by atoms with Gasteiger partial charge in [-0.1, -0.05) is 18.2 Å². The number of hydrogen-bond donors (Lipinski definition) is 1. The summed E-state index contributed by atoms with van der Waals surface area (Å²) in [7, 11) is 0. The van der Waals surface area contributed by atoms with Gasteiger partial charge in [-0.05, 0) is 67.1 Å². The molecule has 1 aliphatic heterocycles. The predicted octanol–water partition coefficient (Wildman–Crippen LogP) is 5.04. The maximum absolute atomic E-state index is 13.4. The molecule has 1 aliphatic rings. The number of nitrogens with one attached hydrogen (secondary N) is 1. The third-order valence-electron chi connectivity index (χ3n) is 6.56. The van der Waals surface area contributed by atoms with Crippen molar-refractivity contribution >= 4 is 16.8 Å². The zero-order chi connectivity index (χ0) is 22.1. The van der Waals surface area contributed by atoms with E-state index < -0.39 is 0 Å². The number of rotatable bonds is 6. The molecule has 0 bridgehead atoms. The largest absolute Gasteiger partial charge is 0.347 e. The van der Waals surface area contributed by atoms with Crippen LogP contribution in [-0.4, -0.2) is 38.2 Å². The van der Waals surface area contributed by atoms with Gasteiger partial charge in [0.15, 0.2) is 0 Å². The smallest absolute Gasteiger partial charge is 0.223 e. The van der Waals surface area contributed by atoms with Crippen molar-refractivity contribution in [1.29, 1.82) is 0 Å². The van der Waals surface area contributed by atoms with E-state index in [1.807, 2.05) is 23.4 Å². The van der Waals surface area contributed by atoms with Crippen LogP contribution in [0.25, 0.3) is 22.0 Å². The minimum absolute atomic E-state index is 0.159. The first-order valence-electron chi connectivity index (χ1n) is 11.2. The van der Waals surface area contributed by atoms with Crippen LogP contribution in [0.3, 0.4) is 0 Å². The summed E-state index contributed by atoms with van der Waals surface area (Å²) in [6.07, 6.45) is 7.87. The number of benzene rings is 2. The van der Waals surface area contributed by atoms with Gasteiger partial charge in [-0.3, -0.25) is 9.89 Å². The lowest BCUT2D eigenvalue weighted by Crippen LogP contribution is -2.34. The van der Waals surface area contributed by atoms with E-state index in [-0.39, 0.29) is 17.8 Å². The van der Waals surface area contributed by atoms with Gasteiger partial charge in [-0.2, -0.15) is 5.10 Å². The number of aromatic nitrogens is 3. The average Bonchev–Trinajstić information content (AvgIpc) is 3.53. The summed E-state index contributed by atoms with van der Waals surface area (Å²) < 4.78 is 15.7. The summed E-state index contributed by atoms with van der Waals surface area (Å²) in [6, 6.07) is 15.4. The highest BCUT2D eigenvalue weighted by atomic mass is 19.1. The molecule has 164 valence electrons. The minimum atomic E-state index is -0.250. The van der Waals surface area contributed by atoms with Crippen LogP contribution in [0, 0.1) is 11.7 Å². The van der Waals surface area contributed by atoms with E-state index in [0.29, 0.717) is 18.8 Å². The van der Waals surface area contributed by atoms with Gasteiger partial charge in [-0.25, -0.2) is 4.39 Å². The monoisotopic (exact) mass is 430 g/mol. The fourth-order valence-electron chi connectivity index (χ4n) is 4.94. The van der Waals surface area contributed by atoms with Crippen LogP contribution in [0.2, 0.25) is 0 Å². The fourth-order valence-corrected chi connectivity index (χ4v) is 4.94. The van der Waals surface area contributed by atoms with Gasteiger partial charge in [0.25, 0.3) is 0 Å². The van der Waals surface area contributed by atoms with Gasteiger partial charge in [0, 0.05) is 54.4 Å². The van der Waals surface area contributed by atoms with E-state index in [0.717, 1.165) is 36.2 Å². The Labute approximate surface area is 186 Å². The van der Waals surface area contributed by atoms with E-state index in [1.165, 1.54) is 23.0 Å². The third-order valence-corrected chi connectivity index (χ3v) is 6.56. The lowest BCUT2D eigenvalue weighted by Gasteiger charge is -2.21. The van der Waals surface area contributed by atoms with E-state index in [4.69, 9.17) is 0 Å². The molecule has 1 amide bonds. The van der Waals surface area contributed by atoms with Crippen molar-refractivity contribution in [2.24, 2.45) is 5.92 Å². The van der Waals surface area contributed by atoms with Crippen LogP contribution < -0.4 is 0 Å². The molecule has 0 radical (unpaired) electrons. The number of likely N-dealkylation sites (tertiary alicyclic amines) is 1. The van der Waals surface area contributed by atoms with Crippen LogP contribution >= 0.6 is 0 Å². The van der Waals surface area contributed by atoms with E-state index >= 15 is 0 Å². The minimum Gasteiger partial charge on any atom is -0.347 e. The van der Waals surface area contributed by atoms with Gasteiger partial charge in [0.2, 0.25) is 5.91 Å². The zero-order valence-electron chi connectivity index (χ0n) is 18.2. The van der Waals surface area contributed by atoms with Crippen molar-refractivity contribution in [2.45, 2.75) is 38.8 Å². The summed E-state index contributed by atoms with van der Waals surface area (Å²) >= 11 is 0. The number of nitrogens with zero attached hydrogens (tertiary/aromatic N) is 3. The second kappa shape index (κ2) is 8.61. The van der Waals surface area contributed by atoms with Crippen molar-refractivity contribution in [3.8, 4) is 11.1 Å². The maximum Gasteiger partial charge on any atom is 0.223 e. The van der Waals surface area contributed by atoms with Crippen LogP contribution in [0.5, 0.6) is 0 Å². The Morgan fingerprint density at radius 3 is 2.91 bits per heavy atom. The molecule has 2 aromatic heterocycles. The number of halogens is 1. The normalized spacial score (nSPS) is 18.5.